The van der Waals surface area contributed by atoms with Crippen molar-refractivity contribution in [2.45, 2.75) is 54.8 Å². The fraction of sp³-hybridized carbons (Fsp3) is 1.00. The predicted octanol–water partition coefficient (Wildman–Crippen LogP) is 6.18. The third-order valence-electron chi connectivity index (χ3n) is 2.82. The lowest BCUT2D eigenvalue weighted by atomic mass is 10.2. The van der Waals surface area contributed by atoms with Gasteiger partial charge in [-0.15, -0.1) is 0 Å². The van der Waals surface area contributed by atoms with E-state index in [0.717, 1.165) is 0 Å². The quantitative estimate of drug-likeness (QED) is 0.279. The molecule has 0 N–H and O–H groups in total. The molecule has 182 valence electrons. The van der Waals surface area contributed by atoms with Crippen LogP contribution in [-0.2, 0) is 9.47 Å². The molecule has 0 aromatic heterocycles. The Kier molecular flexibility index (Phi) is 7.65. The van der Waals surface area contributed by atoms with Gasteiger partial charge in [0.15, 0.2) is 0 Å². The lowest BCUT2D eigenvalue weighted by Gasteiger charge is -2.37. The van der Waals surface area contributed by atoms with Gasteiger partial charge in [0.25, 0.3) is 0 Å². The summed E-state index contributed by atoms with van der Waals surface area (Å²) < 4.78 is 218. The first-order valence-corrected chi connectivity index (χ1v) is 7.08. The Bertz CT molecular complexity index is 598. The van der Waals surface area contributed by atoms with Crippen LogP contribution < -0.4 is 0 Å². The number of hydrogen-bond donors (Lipinski definition) is 1. The molecule has 20 heteroatoms. The molecule has 2 nitrogen and oxygen atoms in total. The Labute approximate surface area is 158 Å². The minimum atomic E-state index is -7.91. The number of ether oxygens (including phenoxy) is 2. The molecule has 0 spiro atoms. The van der Waals surface area contributed by atoms with Gasteiger partial charge in [-0.05, 0) is 5.75 Å². The van der Waals surface area contributed by atoms with E-state index in [1.165, 1.54) is 4.74 Å². The van der Waals surface area contributed by atoms with Crippen molar-refractivity contribution in [3.05, 3.63) is 0 Å². The molecule has 0 unspecified atom stereocenters. The molecule has 0 aromatic rings. The summed E-state index contributed by atoms with van der Waals surface area (Å²) in [5.74, 6) is -22.6. The van der Waals surface area contributed by atoms with E-state index >= 15 is 0 Å². The van der Waals surface area contributed by atoms with Crippen molar-refractivity contribution >= 4 is 12.6 Å². The first kappa shape index (κ1) is 29.1. The average Bonchev–Trinajstić information content (AvgIpc) is 2.42. The van der Waals surface area contributed by atoms with Gasteiger partial charge in [0.2, 0.25) is 0 Å². The van der Waals surface area contributed by atoms with Crippen LogP contribution in [0.25, 0.3) is 0 Å². The SMILES string of the molecule is FC(F)(F)C(F)(F)C(F)(F)OC(F)(F)C(F)(F)C(F)(F)OC(F)(F)C(F)(F)CCS. The molecular weight excluding hydrogens is 507 g/mol. The van der Waals surface area contributed by atoms with Crippen LogP contribution in [0.15, 0.2) is 0 Å². The van der Waals surface area contributed by atoms with Crippen molar-refractivity contribution in [2.24, 2.45) is 0 Å². The van der Waals surface area contributed by atoms with Crippen molar-refractivity contribution in [3.63, 3.8) is 0 Å². The van der Waals surface area contributed by atoms with Crippen molar-refractivity contribution in [1.29, 1.82) is 0 Å². The molecule has 0 heterocycles. The zero-order chi connectivity index (χ0) is 24.8. The Hall–Kier alpha value is -0.920. The van der Waals surface area contributed by atoms with Crippen molar-refractivity contribution in [3.8, 4) is 0 Å². The molecule has 0 fully saturated rings. The molecule has 0 saturated heterocycles. The largest absolute Gasteiger partial charge is 0.462 e. The fourth-order valence-electron chi connectivity index (χ4n) is 1.21. The van der Waals surface area contributed by atoms with Gasteiger partial charge in [0.05, 0.1) is 0 Å². The van der Waals surface area contributed by atoms with Crippen LogP contribution >= 0.6 is 12.6 Å². The van der Waals surface area contributed by atoms with Crippen LogP contribution in [-0.4, -0.2) is 54.1 Å². The molecule has 0 amide bonds. The molecule has 0 aliphatic carbocycles. The number of hydrogen-bond acceptors (Lipinski definition) is 3. The van der Waals surface area contributed by atoms with Gasteiger partial charge in [-0.25, -0.2) is 9.47 Å². The van der Waals surface area contributed by atoms with Crippen LogP contribution in [0, 0.1) is 0 Å². The third kappa shape index (κ3) is 5.10. The van der Waals surface area contributed by atoms with Crippen LogP contribution in [0.2, 0.25) is 0 Å². The van der Waals surface area contributed by atoms with E-state index in [1.807, 2.05) is 0 Å². The van der Waals surface area contributed by atoms with E-state index in [4.69, 9.17) is 0 Å². The third-order valence-corrected chi connectivity index (χ3v) is 3.04. The van der Waals surface area contributed by atoms with Gasteiger partial charge in [0.1, 0.15) is 0 Å². The molecule has 0 saturated carbocycles. The van der Waals surface area contributed by atoms with E-state index in [0.29, 0.717) is 0 Å². The summed E-state index contributed by atoms with van der Waals surface area (Å²) in [4.78, 5) is 0. The highest BCUT2D eigenvalue weighted by Gasteiger charge is 2.83. The molecule has 0 bridgehead atoms. The lowest BCUT2D eigenvalue weighted by Crippen LogP contribution is -2.64. The van der Waals surface area contributed by atoms with Gasteiger partial charge in [0, 0.05) is 6.42 Å². The maximum absolute atomic E-state index is 13.1. The van der Waals surface area contributed by atoms with Crippen LogP contribution in [0.1, 0.15) is 6.42 Å². The van der Waals surface area contributed by atoms with Crippen molar-refractivity contribution in [1.82, 2.24) is 0 Å². The zero-order valence-corrected chi connectivity index (χ0v) is 14.0. The minimum absolute atomic E-state index is 1.22. The number of rotatable bonds is 10. The Morgan fingerprint density at radius 2 is 0.767 bits per heavy atom. The van der Waals surface area contributed by atoms with E-state index in [2.05, 4.69) is 12.6 Å². The zero-order valence-electron chi connectivity index (χ0n) is 13.1. The van der Waals surface area contributed by atoms with Gasteiger partial charge in [-0.2, -0.15) is 87.3 Å². The predicted molar refractivity (Wildman–Crippen MR) is 61.3 cm³/mol. The summed E-state index contributed by atoms with van der Waals surface area (Å²) in [6.45, 7) is 0. The van der Waals surface area contributed by atoms with Crippen LogP contribution in [0.5, 0.6) is 0 Å². The van der Waals surface area contributed by atoms with Crippen LogP contribution in [0.3, 0.4) is 0 Å². The van der Waals surface area contributed by atoms with E-state index in [-0.39, 0.29) is 0 Å². The average molecular weight is 512 g/mol. The van der Waals surface area contributed by atoms with E-state index < -0.39 is 60.6 Å². The summed E-state index contributed by atoms with van der Waals surface area (Å²) in [5.41, 5.74) is 0. The van der Waals surface area contributed by atoms with Gasteiger partial charge in [-0.3, -0.25) is 0 Å². The number of thiol groups is 1. The highest BCUT2D eigenvalue weighted by molar-refractivity contribution is 7.80. The van der Waals surface area contributed by atoms with Gasteiger partial charge >= 0.3 is 48.4 Å². The molecule has 0 aliphatic heterocycles. The van der Waals surface area contributed by atoms with E-state index in [1.54, 1.807) is 4.74 Å². The fourth-order valence-corrected chi connectivity index (χ4v) is 1.49. The van der Waals surface area contributed by atoms with Crippen molar-refractivity contribution in [2.75, 3.05) is 5.75 Å². The second-order valence-electron chi connectivity index (χ2n) is 5.10. The normalized spacial score (nSPS) is 16.2. The standard InChI is InChI=1S/C10H5F17O2S/c11-3(12,1-2-30)7(20,21)28-9(24,25)5(15,16)10(26,27)29-8(22,23)4(13,14)6(17,18)19/h30H,1-2H2. The monoisotopic (exact) mass is 512 g/mol. The van der Waals surface area contributed by atoms with Crippen LogP contribution in [0.4, 0.5) is 74.6 Å². The minimum Gasteiger partial charge on any atom is -0.245 e. The summed E-state index contributed by atoms with van der Waals surface area (Å²) in [6.07, 6.45) is -39.4. The summed E-state index contributed by atoms with van der Waals surface area (Å²) >= 11 is 2.97. The smallest absolute Gasteiger partial charge is 0.245 e. The lowest BCUT2D eigenvalue weighted by molar-refractivity contribution is -0.542. The molecule has 0 radical (unpaired) electrons. The highest BCUT2D eigenvalue weighted by Crippen LogP contribution is 2.55. The summed E-state index contributed by atoms with van der Waals surface area (Å²) in [6, 6.07) is 0. The maximum atomic E-state index is 13.1. The van der Waals surface area contributed by atoms with Crippen molar-refractivity contribution < 1.29 is 84.1 Å². The Morgan fingerprint density at radius 3 is 1.07 bits per heavy atom. The number of halogens is 17. The summed E-state index contributed by atoms with van der Waals surface area (Å²) in [5, 5.41) is 0. The molecule has 30 heavy (non-hydrogen) atoms. The van der Waals surface area contributed by atoms with E-state index in [9.17, 15) is 74.6 Å². The Balaban J connectivity index is 6.03. The molecule has 0 atom stereocenters. The molecule has 0 rings (SSSR count). The van der Waals surface area contributed by atoms with Gasteiger partial charge < -0.3 is 0 Å². The first-order chi connectivity index (χ1) is 12.7. The summed E-state index contributed by atoms with van der Waals surface area (Å²) in [7, 11) is 0. The Morgan fingerprint density at radius 1 is 0.467 bits per heavy atom. The molecular formula is C10H5F17O2S. The topological polar surface area (TPSA) is 18.5 Å². The second kappa shape index (κ2) is 7.89. The first-order valence-electron chi connectivity index (χ1n) is 6.45. The highest BCUT2D eigenvalue weighted by atomic mass is 32.1. The number of alkyl halides is 17. The second-order valence-corrected chi connectivity index (χ2v) is 5.54. The van der Waals surface area contributed by atoms with Gasteiger partial charge in [-0.1, -0.05) is 0 Å². The molecule has 0 aromatic carbocycles. The molecule has 0 aliphatic rings. The maximum Gasteiger partial charge on any atom is 0.462 e.